The summed E-state index contributed by atoms with van der Waals surface area (Å²) in [6.45, 7) is 6.21. The monoisotopic (exact) mass is 628 g/mol. The molecule has 0 spiro atoms. The van der Waals surface area contributed by atoms with Gasteiger partial charge in [-0.2, -0.15) is 4.72 Å². The number of sulfonamides is 1. The lowest BCUT2D eigenvalue weighted by Gasteiger charge is -2.28. The first-order chi connectivity index (χ1) is 20.1. The Balaban J connectivity index is 1.73. The highest BCUT2D eigenvalue weighted by Crippen LogP contribution is 2.34. The zero-order valence-corrected chi connectivity index (χ0v) is 25.7. The zero-order chi connectivity index (χ0) is 30.3. The van der Waals surface area contributed by atoms with Crippen LogP contribution in [-0.4, -0.2) is 45.3 Å². The molecule has 0 radical (unpaired) electrons. The van der Waals surface area contributed by atoms with Gasteiger partial charge in [-0.1, -0.05) is 61.9 Å². The number of unbranched alkanes of at least 4 members (excludes halogenated alkanes) is 1. The van der Waals surface area contributed by atoms with Crippen LogP contribution in [0.15, 0.2) is 77.2 Å². The molecular formula is C30H33ClN4O5S2. The van der Waals surface area contributed by atoms with Gasteiger partial charge in [0.25, 0.3) is 0 Å². The molecule has 4 rings (SSSR count). The van der Waals surface area contributed by atoms with E-state index in [0.29, 0.717) is 34.8 Å². The smallest absolute Gasteiger partial charge is 0.246 e. The van der Waals surface area contributed by atoms with Gasteiger partial charge in [0.1, 0.15) is 16.7 Å². The third-order valence-electron chi connectivity index (χ3n) is 6.55. The molecule has 1 atom stereocenters. The van der Waals surface area contributed by atoms with Crippen molar-refractivity contribution >= 4 is 56.5 Å². The molecule has 0 aliphatic carbocycles. The van der Waals surface area contributed by atoms with Crippen molar-refractivity contribution < 1.29 is 22.7 Å². The molecule has 2 amide bonds. The second-order valence-electron chi connectivity index (χ2n) is 9.63. The Hall–Kier alpha value is -3.64. The molecule has 0 saturated heterocycles. The number of nitrogens with zero attached hydrogens (tertiary/aromatic N) is 1. The average Bonchev–Trinajstić information content (AvgIpc) is 3.48. The summed E-state index contributed by atoms with van der Waals surface area (Å²) >= 11 is 7.90. The number of thiophene rings is 1. The van der Waals surface area contributed by atoms with Crippen LogP contribution in [0.3, 0.4) is 0 Å². The molecule has 3 N–H and O–H groups in total. The number of nitrogens with one attached hydrogen (secondary N) is 3. The molecule has 12 heteroatoms. The minimum Gasteiger partial charge on any atom is -0.496 e. The Bertz CT molecular complexity index is 1590. The van der Waals surface area contributed by atoms with E-state index in [1.165, 1.54) is 35.5 Å². The minimum atomic E-state index is -4.36. The molecule has 2 aromatic carbocycles. The van der Waals surface area contributed by atoms with Gasteiger partial charge in [0.2, 0.25) is 21.8 Å². The zero-order valence-electron chi connectivity index (χ0n) is 23.4. The Kier molecular flexibility index (Phi) is 10.4. The molecule has 0 fully saturated rings. The number of fused-ring (bicyclic) bond motifs is 1. The number of ether oxygens (including phenoxy) is 1. The third kappa shape index (κ3) is 7.60. The molecule has 1 aliphatic heterocycles. The largest absolute Gasteiger partial charge is 0.496 e. The van der Waals surface area contributed by atoms with E-state index in [4.69, 9.17) is 16.3 Å². The molecule has 9 nitrogen and oxygen atoms in total. The van der Waals surface area contributed by atoms with Crippen LogP contribution >= 0.6 is 22.9 Å². The molecule has 2 heterocycles. The van der Waals surface area contributed by atoms with Crippen molar-refractivity contribution in [2.75, 3.05) is 25.5 Å². The molecule has 0 saturated carbocycles. The van der Waals surface area contributed by atoms with Gasteiger partial charge in [-0.15, -0.1) is 11.3 Å². The van der Waals surface area contributed by atoms with E-state index in [0.717, 1.165) is 17.7 Å². The van der Waals surface area contributed by atoms with Crippen molar-refractivity contribution in [2.45, 2.75) is 37.2 Å². The summed E-state index contributed by atoms with van der Waals surface area (Å²) in [5, 5.41) is 7.73. The molecule has 42 heavy (non-hydrogen) atoms. The number of allylic oxidation sites excluding steroid dienone is 1. The first kappa shape index (κ1) is 31.3. The quantitative estimate of drug-likeness (QED) is 0.220. The van der Waals surface area contributed by atoms with Crippen molar-refractivity contribution in [3.05, 3.63) is 93.3 Å². The van der Waals surface area contributed by atoms with Crippen molar-refractivity contribution in [2.24, 2.45) is 0 Å². The second kappa shape index (κ2) is 14.0. The molecule has 222 valence electrons. The fourth-order valence-electron chi connectivity index (χ4n) is 4.42. The lowest BCUT2D eigenvalue weighted by atomic mass is 10.0. The Labute approximate surface area is 255 Å². The predicted molar refractivity (Wildman–Crippen MR) is 167 cm³/mol. The number of hydrogen-bond donors (Lipinski definition) is 3. The number of amides is 2. The van der Waals surface area contributed by atoms with E-state index in [2.05, 4.69) is 21.9 Å². The number of anilines is 1. The highest BCUT2D eigenvalue weighted by atomic mass is 35.5. The maximum Gasteiger partial charge on any atom is 0.246 e. The van der Waals surface area contributed by atoms with Crippen LogP contribution < -0.4 is 20.1 Å². The average molecular weight is 629 g/mol. The van der Waals surface area contributed by atoms with Crippen LogP contribution in [0.25, 0.3) is 6.08 Å². The number of carbonyl (C=O) groups is 2. The van der Waals surface area contributed by atoms with Gasteiger partial charge in [0.05, 0.1) is 25.2 Å². The molecular weight excluding hydrogens is 596 g/mol. The van der Waals surface area contributed by atoms with Crippen LogP contribution in [0.5, 0.6) is 5.75 Å². The summed E-state index contributed by atoms with van der Waals surface area (Å²) in [4.78, 5) is 29.1. The number of para-hydroxylation sites is 1. The van der Waals surface area contributed by atoms with E-state index >= 15 is 0 Å². The Morgan fingerprint density at radius 2 is 1.95 bits per heavy atom. The van der Waals surface area contributed by atoms with Crippen molar-refractivity contribution in [1.29, 1.82) is 0 Å². The van der Waals surface area contributed by atoms with Crippen molar-refractivity contribution in [1.82, 2.24) is 14.9 Å². The van der Waals surface area contributed by atoms with Gasteiger partial charge in [0.15, 0.2) is 0 Å². The van der Waals surface area contributed by atoms with Crippen LogP contribution in [0.1, 0.15) is 41.8 Å². The molecule has 0 unspecified atom stereocenters. The predicted octanol–water partition coefficient (Wildman–Crippen LogP) is 5.33. The van der Waals surface area contributed by atoms with Gasteiger partial charge in [-0.05, 0) is 47.7 Å². The van der Waals surface area contributed by atoms with Gasteiger partial charge >= 0.3 is 0 Å². The molecule has 1 aliphatic rings. The van der Waals surface area contributed by atoms with Crippen LogP contribution in [0.2, 0.25) is 5.02 Å². The standard InChI is InChI=1S/C30H33ClN4O5S2/c1-4-5-14-32-28(36)19-35(18-22-9-8-15-41-22)30(37)29(23-10-6-7-11-26(23)40-3)34-42(38,39)27-16-21-13-12-20(2)33-25(21)17-24(27)31/h6-13,15-17,29,33-34H,2,4-5,14,18-19H2,1,3H3,(H,32,36)/t29-/m1/s1. The maximum atomic E-state index is 14.3. The number of carbonyl (C=O) groups excluding carboxylic acids is 2. The summed E-state index contributed by atoms with van der Waals surface area (Å²) in [5.74, 6) is -0.646. The highest BCUT2D eigenvalue weighted by molar-refractivity contribution is 7.89. The Morgan fingerprint density at radius 3 is 2.67 bits per heavy atom. The topological polar surface area (TPSA) is 117 Å². The van der Waals surface area contributed by atoms with Crippen molar-refractivity contribution in [3.8, 4) is 5.75 Å². The summed E-state index contributed by atoms with van der Waals surface area (Å²) in [5.41, 5.74) is 2.14. The second-order valence-corrected chi connectivity index (χ2v) is 12.7. The van der Waals surface area contributed by atoms with Gasteiger partial charge < -0.3 is 20.3 Å². The summed E-state index contributed by atoms with van der Waals surface area (Å²) in [6.07, 6.45) is 5.15. The number of hydrogen-bond acceptors (Lipinski definition) is 7. The lowest BCUT2D eigenvalue weighted by Crippen LogP contribution is -2.46. The van der Waals surface area contributed by atoms with E-state index in [1.807, 2.05) is 24.4 Å². The van der Waals surface area contributed by atoms with E-state index in [1.54, 1.807) is 36.4 Å². The van der Waals surface area contributed by atoms with Gasteiger partial charge in [-0.3, -0.25) is 9.59 Å². The molecule has 3 aromatic rings. The maximum absolute atomic E-state index is 14.3. The Morgan fingerprint density at radius 1 is 1.17 bits per heavy atom. The van der Waals surface area contributed by atoms with E-state index in [-0.39, 0.29) is 28.9 Å². The fourth-order valence-corrected chi connectivity index (χ4v) is 6.87. The SMILES string of the molecule is C=C1C=Cc2cc(S(=O)(=O)N[C@@H](C(=O)N(CC(=O)NCCCC)Cc3cccs3)c3ccccc3OC)c(Cl)cc2N1. The third-order valence-corrected chi connectivity index (χ3v) is 9.30. The molecule has 0 bridgehead atoms. The van der Waals surface area contributed by atoms with Crippen LogP contribution in [-0.2, 0) is 26.2 Å². The first-order valence-electron chi connectivity index (χ1n) is 13.3. The fraction of sp³-hybridized carbons (Fsp3) is 0.267. The van der Waals surface area contributed by atoms with Crippen LogP contribution in [0.4, 0.5) is 5.69 Å². The van der Waals surface area contributed by atoms with Crippen molar-refractivity contribution in [3.63, 3.8) is 0 Å². The van der Waals surface area contributed by atoms with Gasteiger partial charge in [0, 0.05) is 28.4 Å². The van der Waals surface area contributed by atoms with Crippen LogP contribution in [0, 0.1) is 0 Å². The van der Waals surface area contributed by atoms with E-state index < -0.39 is 22.0 Å². The lowest BCUT2D eigenvalue weighted by molar-refractivity contribution is -0.138. The highest BCUT2D eigenvalue weighted by Gasteiger charge is 2.35. The first-order valence-corrected chi connectivity index (χ1v) is 16.1. The summed E-state index contributed by atoms with van der Waals surface area (Å²) in [7, 11) is -2.93. The number of rotatable bonds is 13. The normalized spacial score (nSPS) is 13.2. The summed E-state index contributed by atoms with van der Waals surface area (Å²) < 4.78 is 35.8. The summed E-state index contributed by atoms with van der Waals surface area (Å²) in [6, 6.07) is 11.9. The molecule has 1 aromatic heterocycles. The number of methoxy groups -OCH3 is 1. The van der Waals surface area contributed by atoms with E-state index in [9.17, 15) is 18.0 Å². The number of halogens is 1. The number of benzene rings is 2. The minimum absolute atomic E-state index is 0.0335. The van der Waals surface area contributed by atoms with Gasteiger partial charge in [-0.25, -0.2) is 8.42 Å².